The average Bonchev–Trinajstić information content (AvgIpc) is 3.81. The third-order valence-corrected chi connectivity index (χ3v) is 12.4. The lowest BCUT2D eigenvalue weighted by atomic mass is 9.95. The number of fused-ring (bicyclic) bond motifs is 4. The van der Waals surface area contributed by atoms with Crippen LogP contribution in [0.4, 0.5) is 0 Å². The highest BCUT2D eigenvalue weighted by Crippen LogP contribution is 2.51. The molecule has 3 nitrogen and oxygen atoms in total. The van der Waals surface area contributed by atoms with Gasteiger partial charge in [-0.25, -0.2) is 9.97 Å². The molecular weight excluding hydrogens is 635 g/mol. The maximum atomic E-state index is 5.46. The van der Waals surface area contributed by atoms with Crippen molar-refractivity contribution in [1.82, 2.24) is 14.5 Å². The minimum Gasteiger partial charge on any atom is -0.270 e. The molecule has 0 radical (unpaired) electrons. The molecule has 0 atom stereocenters. The standard InChI is InChI=1S/C44H21N3S2/c1-2-8-24(9-3-1)25-16-18-27(19-17-25)41-43-42(30-11-4-5-14-33(30)49-43)46-44(45-41)47-31-21-20-26-10-6-12-28-29-13-7-15-34-37(29)40-35(48-34)23-22-32(47)39(40)38(31)36(26)28/h1-21H. The van der Waals surface area contributed by atoms with Crippen molar-refractivity contribution < 1.29 is 0 Å². The molecule has 1 aliphatic carbocycles. The van der Waals surface area contributed by atoms with E-state index in [2.05, 4.69) is 144 Å². The van der Waals surface area contributed by atoms with Gasteiger partial charge >= 0.3 is 0 Å². The van der Waals surface area contributed by atoms with E-state index < -0.39 is 0 Å². The Balaban J connectivity index is 1.22. The molecule has 224 valence electrons. The fourth-order valence-electron chi connectivity index (χ4n) is 8.09. The van der Waals surface area contributed by atoms with Crippen molar-refractivity contribution in [2.45, 2.75) is 0 Å². The summed E-state index contributed by atoms with van der Waals surface area (Å²) >= 11 is 3.56. The normalized spacial score (nSPS) is 12.3. The Kier molecular flexibility index (Phi) is 4.93. The van der Waals surface area contributed by atoms with Crippen LogP contribution in [-0.4, -0.2) is 14.5 Å². The van der Waals surface area contributed by atoms with Crippen LogP contribution in [0.15, 0.2) is 127 Å². The van der Waals surface area contributed by atoms with E-state index in [0.717, 1.165) is 42.6 Å². The van der Waals surface area contributed by atoms with Gasteiger partial charge in [0.25, 0.3) is 0 Å². The Labute approximate surface area is 288 Å². The van der Waals surface area contributed by atoms with E-state index >= 15 is 0 Å². The smallest absolute Gasteiger partial charge is 0.236 e. The third kappa shape index (κ3) is 3.37. The average molecular weight is 656 g/mol. The molecule has 0 spiro atoms. The second-order valence-electron chi connectivity index (χ2n) is 12.7. The summed E-state index contributed by atoms with van der Waals surface area (Å²) in [5.41, 5.74) is 9.97. The van der Waals surface area contributed by atoms with Crippen LogP contribution in [0.1, 0.15) is 0 Å². The molecule has 49 heavy (non-hydrogen) atoms. The first-order chi connectivity index (χ1) is 24.3. The molecule has 0 N–H and O–H groups in total. The van der Waals surface area contributed by atoms with Gasteiger partial charge in [-0.3, -0.25) is 4.57 Å². The fourth-order valence-corrected chi connectivity index (χ4v) is 10.3. The van der Waals surface area contributed by atoms with Crippen LogP contribution in [0, 0.1) is 12.1 Å². The summed E-state index contributed by atoms with van der Waals surface area (Å²) in [6.45, 7) is 0. The van der Waals surface area contributed by atoms with Gasteiger partial charge in [-0.15, -0.1) is 22.7 Å². The first-order valence-electron chi connectivity index (χ1n) is 16.3. The van der Waals surface area contributed by atoms with Gasteiger partial charge in [-0.05, 0) is 63.4 Å². The monoisotopic (exact) mass is 655 g/mol. The van der Waals surface area contributed by atoms with Crippen LogP contribution in [-0.2, 0) is 0 Å². The SMILES string of the molecule is c1c2sc3cccc4c3c2c2c3c5c-4cccc5ccc3n(-c3nc(-c4ccc(-c5ccccc5)cc4)c4sc5ccccc5c4n3)c2c#1. The van der Waals surface area contributed by atoms with Crippen LogP contribution in [0.25, 0.3) is 113 Å². The zero-order chi connectivity index (χ0) is 31.8. The fraction of sp³-hybridized carbons (Fsp3) is 0. The number of aromatic nitrogens is 3. The molecule has 7 aromatic carbocycles. The largest absolute Gasteiger partial charge is 0.270 e. The summed E-state index contributed by atoms with van der Waals surface area (Å²) in [6.07, 6.45) is 0. The predicted octanol–water partition coefficient (Wildman–Crippen LogP) is 12.4. The lowest BCUT2D eigenvalue weighted by Crippen LogP contribution is -2.02. The zero-order valence-corrected chi connectivity index (χ0v) is 27.4. The molecule has 0 amide bonds. The van der Waals surface area contributed by atoms with Crippen molar-refractivity contribution in [2.24, 2.45) is 0 Å². The molecule has 4 heterocycles. The molecule has 0 fully saturated rings. The summed E-state index contributed by atoms with van der Waals surface area (Å²) in [7, 11) is 0. The van der Waals surface area contributed by atoms with E-state index in [0.29, 0.717) is 5.95 Å². The number of nitrogens with zero attached hydrogens (tertiary/aromatic N) is 3. The maximum absolute atomic E-state index is 5.46. The molecule has 0 saturated carbocycles. The second-order valence-corrected chi connectivity index (χ2v) is 14.9. The summed E-state index contributed by atoms with van der Waals surface area (Å²) in [5.74, 6) is 0.652. The topological polar surface area (TPSA) is 30.7 Å². The molecule has 0 bridgehead atoms. The zero-order valence-electron chi connectivity index (χ0n) is 25.8. The first-order valence-corrected chi connectivity index (χ1v) is 18.0. The first kappa shape index (κ1) is 26.0. The van der Waals surface area contributed by atoms with Crippen LogP contribution in [0.2, 0.25) is 0 Å². The molecule has 1 aliphatic rings. The van der Waals surface area contributed by atoms with E-state index in [1.165, 1.54) is 64.0 Å². The quantitative estimate of drug-likeness (QED) is 0.190. The van der Waals surface area contributed by atoms with Gasteiger partial charge in [0, 0.05) is 41.9 Å². The molecule has 4 aromatic heterocycles. The Morgan fingerprint density at radius 1 is 0.510 bits per heavy atom. The van der Waals surface area contributed by atoms with Crippen molar-refractivity contribution in [3.05, 3.63) is 140 Å². The Morgan fingerprint density at radius 3 is 2.16 bits per heavy atom. The summed E-state index contributed by atoms with van der Waals surface area (Å²) in [5, 5.41) is 8.67. The maximum Gasteiger partial charge on any atom is 0.236 e. The van der Waals surface area contributed by atoms with Gasteiger partial charge in [0.05, 0.1) is 26.1 Å². The number of rotatable bonds is 3. The van der Waals surface area contributed by atoms with E-state index in [1.807, 2.05) is 0 Å². The third-order valence-electron chi connectivity index (χ3n) is 10.2. The minimum absolute atomic E-state index is 0.652. The van der Waals surface area contributed by atoms with Crippen molar-refractivity contribution in [2.75, 3.05) is 0 Å². The summed E-state index contributed by atoms with van der Waals surface area (Å²) < 4.78 is 6.95. The van der Waals surface area contributed by atoms with Crippen molar-refractivity contribution >= 4 is 95.7 Å². The minimum atomic E-state index is 0.652. The van der Waals surface area contributed by atoms with Gasteiger partial charge in [0.15, 0.2) is 0 Å². The van der Waals surface area contributed by atoms with E-state index in [4.69, 9.17) is 9.97 Å². The summed E-state index contributed by atoms with van der Waals surface area (Å²) in [4.78, 5) is 10.9. The van der Waals surface area contributed by atoms with Crippen LogP contribution < -0.4 is 0 Å². The van der Waals surface area contributed by atoms with E-state index in [1.54, 1.807) is 22.7 Å². The van der Waals surface area contributed by atoms with Gasteiger partial charge in [-0.2, -0.15) is 0 Å². The lowest BCUT2D eigenvalue weighted by Gasteiger charge is -2.12. The molecule has 0 unspecified atom stereocenters. The molecule has 12 rings (SSSR count). The van der Waals surface area contributed by atoms with Gasteiger partial charge in [-0.1, -0.05) is 109 Å². The van der Waals surface area contributed by atoms with Crippen LogP contribution in [0.5, 0.6) is 0 Å². The molecular formula is C44H21N3S2. The van der Waals surface area contributed by atoms with E-state index in [-0.39, 0.29) is 0 Å². The molecule has 0 aliphatic heterocycles. The lowest BCUT2D eigenvalue weighted by molar-refractivity contribution is 1.02. The van der Waals surface area contributed by atoms with Gasteiger partial charge in [0.1, 0.15) is 5.52 Å². The predicted molar refractivity (Wildman–Crippen MR) is 207 cm³/mol. The van der Waals surface area contributed by atoms with Crippen molar-refractivity contribution in [1.29, 1.82) is 0 Å². The van der Waals surface area contributed by atoms with Crippen LogP contribution in [0.3, 0.4) is 0 Å². The molecule has 11 aromatic rings. The number of benzene rings is 6. The van der Waals surface area contributed by atoms with Gasteiger partial charge in [0.2, 0.25) is 5.95 Å². The number of thiophene rings is 2. The van der Waals surface area contributed by atoms with Crippen LogP contribution >= 0.6 is 22.7 Å². The van der Waals surface area contributed by atoms with Crippen molar-refractivity contribution in [3.8, 4) is 39.5 Å². The number of hydrogen-bond acceptors (Lipinski definition) is 4. The van der Waals surface area contributed by atoms with Gasteiger partial charge < -0.3 is 0 Å². The number of hydrogen-bond donors (Lipinski definition) is 0. The Hall–Kier alpha value is -6.06. The second kappa shape index (κ2) is 9.30. The highest BCUT2D eigenvalue weighted by molar-refractivity contribution is 7.26. The van der Waals surface area contributed by atoms with E-state index in [9.17, 15) is 0 Å². The van der Waals surface area contributed by atoms with Crippen molar-refractivity contribution in [3.63, 3.8) is 0 Å². The molecule has 0 saturated heterocycles. The Bertz CT molecular complexity index is 3200. The summed E-state index contributed by atoms with van der Waals surface area (Å²) in [6, 6.07) is 53.0. The molecule has 5 heteroatoms. The Morgan fingerprint density at radius 2 is 1.27 bits per heavy atom. The highest BCUT2D eigenvalue weighted by Gasteiger charge is 2.27. The highest BCUT2D eigenvalue weighted by atomic mass is 32.1.